The van der Waals surface area contributed by atoms with Crippen LogP contribution in [0, 0.1) is 28.1 Å². The summed E-state index contributed by atoms with van der Waals surface area (Å²) in [6.45, 7) is 6.34. The Hall–Kier alpha value is -1.97. The lowest BCUT2D eigenvalue weighted by atomic mass is 9.55. The Labute approximate surface area is 149 Å². The van der Waals surface area contributed by atoms with Gasteiger partial charge in [0.15, 0.2) is 5.78 Å². The first kappa shape index (κ1) is 17.8. The van der Waals surface area contributed by atoms with Crippen LogP contribution in [0.2, 0.25) is 0 Å². The highest BCUT2D eigenvalue weighted by atomic mass is 32.2. The van der Waals surface area contributed by atoms with Crippen molar-refractivity contribution in [2.24, 2.45) is 16.7 Å². The van der Waals surface area contributed by atoms with Crippen LogP contribution in [0.25, 0.3) is 0 Å². The lowest BCUT2D eigenvalue weighted by molar-refractivity contribution is -0.131. The lowest BCUT2D eigenvalue weighted by Gasteiger charge is -2.52. The quantitative estimate of drug-likeness (QED) is 0.814. The number of sulfonamides is 1. The maximum atomic E-state index is 13.0. The third kappa shape index (κ3) is 2.72. The summed E-state index contributed by atoms with van der Waals surface area (Å²) in [4.78, 5) is 12.8. The van der Waals surface area contributed by atoms with E-state index in [4.69, 9.17) is 0 Å². The van der Waals surface area contributed by atoms with E-state index < -0.39 is 20.9 Å². The number of carbonyl (C=O) groups excluding carboxylic acids is 1. The number of allylic oxidation sites excluding steroid dienone is 1. The second-order valence-corrected chi connectivity index (χ2v) is 9.66. The van der Waals surface area contributed by atoms with E-state index in [1.807, 2.05) is 26.8 Å². The van der Waals surface area contributed by atoms with E-state index >= 15 is 0 Å². The van der Waals surface area contributed by atoms with E-state index in [0.717, 1.165) is 0 Å². The Bertz CT molecular complexity index is 881. The Morgan fingerprint density at radius 3 is 2.44 bits per heavy atom. The molecular weight excluding hydrogens is 336 g/mol. The summed E-state index contributed by atoms with van der Waals surface area (Å²) >= 11 is 0. The zero-order chi connectivity index (χ0) is 18.5. The molecule has 0 bridgehead atoms. The number of fused-ring (bicyclic) bond motifs is 1. The van der Waals surface area contributed by atoms with Gasteiger partial charge in [-0.05, 0) is 24.5 Å². The monoisotopic (exact) mass is 358 g/mol. The van der Waals surface area contributed by atoms with E-state index in [-0.39, 0.29) is 28.7 Å². The average Bonchev–Trinajstić information content (AvgIpc) is 2.58. The van der Waals surface area contributed by atoms with Crippen molar-refractivity contribution in [3.8, 4) is 6.07 Å². The Morgan fingerprint density at radius 2 is 1.84 bits per heavy atom. The normalized spacial score (nSPS) is 29.4. The molecule has 1 saturated heterocycles. The Balaban J connectivity index is 2.01. The van der Waals surface area contributed by atoms with Crippen molar-refractivity contribution in [2.45, 2.75) is 32.1 Å². The van der Waals surface area contributed by atoms with Crippen molar-refractivity contribution >= 4 is 15.8 Å². The standard InChI is InChI=1S/C19H22N2O3S/c1-18(2)16-9-10-21(25(23,24)15-7-5-4-6-8-15)13-19(16,3)11-14(12-20)17(18)22/h4-8,11,16H,9-10,13H2,1-3H3/t16-,19+/m1/s1. The highest BCUT2D eigenvalue weighted by Gasteiger charge is 2.54. The minimum atomic E-state index is -3.59. The minimum absolute atomic E-state index is 0.00632. The van der Waals surface area contributed by atoms with Gasteiger partial charge in [-0.1, -0.05) is 45.0 Å². The van der Waals surface area contributed by atoms with Gasteiger partial charge in [-0.3, -0.25) is 4.79 Å². The molecule has 1 fully saturated rings. The molecule has 0 radical (unpaired) electrons. The van der Waals surface area contributed by atoms with Crippen LogP contribution in [0.15, 0.2) is 46.9 Å². The van der Waals surface area contributed by atoms with Crippen molar-refractivity contribution in [1.29, 1.82) is 5.26 Å². The first-order valence-corrected chi connectivity index (χ1v) is 9.80. The zero-order valence-corrected chi connectivity index (χ0v) is 15.5. The van der Waals surface area contributed by atoms with Crippen LogP contribution in [0.1, 0.15) is 27.2 Å². The maximum Gasteiger partial charge on any atom is 0.243 e. The molecule has 0 aromatic heterocycles. The molecule has 1 aliphatic carbocycles. The zero-order valence-electron chi connectivity index (χ0n) is 14.7. The van der Waals surface area contributed by atoms with Crippen molar-refractivity contribution in [1.82, 2.24) is 4.31 Å². The summed E-state index contributed by atoms with van der Waals surface area (Å²) in [7, 11) is -3.59. The molecule has 2 aliphatic rings. The maximum absolute atomic E-state index is 13.0. The lowest BCUT2D eigenvalue weighted by Crippen LogP contribution is -2.56. The second-order valence-electron chi connectivity index (χ2n) is 7.72. The van der Waals surface area contributed by atoms with Gasteiger partial charge in [0.1, 0.15) is 6.07 Å². The van der Waals surface area contributed by atoms with Gasteiger partial charge >= 0.3 is 0 Å². The van der Waals surface area contributed by atoms with Gasteiger partial charge in [-0.2, -0.15) is 9.57 Å². The number of benzene rings is 1. The summed E-state index contributed by atoms with van der Waals surface area (Å²) in [6.07, 6.45) is 2.29. The first-order chi connectivity index (χ1) is 11.6. The number of carbonyl (C=O) groups is 1. The molecule has 132 valence electrons. The van der Waals surface area contributed by atoms with Gasteiger partial charge in [-0.25, -0.2) is 8.42 Å². The van der Waals surface area contributed by atoms with Crippen molar-refractivity contribution in [3.63, 3.8) is 0 Å². The molecule has 3 rings (SSSR count). The third-order valence-electron chi connectivity index (χ3n) is 5.66. The predicted octanol–water partition coefficient (Wildman–Crippen LogP) is 2.76. The largest absolute Gasteiger partial charge is 0.293 e. The van der Waals surface area contributed by atoms with Crippen molar-refractivity contribution < 1.29 is 13.2 Å². The van der Waals surface area contributed by atoms with Crippen LogP contribution in [-0.2, 0) is 14.8 Å². The van der Waals surface area contributed by atoms with Crippen molar-refractivity contribution in [2.75, 3.05) is 13.1 Å². The van der Waals surface area contributed by atoms with E-state index in [1.165, 1.54) is 4.31 Å². The Morgan fingerprint density at radius 1 is 1.20 bits per heavy atom. The third-order valence-corrected chi connectivity index (χ3v) is 7.52. The predicted molar refractivity (Wildman–Crippen MR) is 93.9 cm³/mol. The van der Waals surface area contributed by atoms with Gasteiger partial charge in [0.2, 0.25) is 10.0 Å². The summed E-state index contributed by atoms with van der Waals surface area (Å²) in [6, 6.07) is 10.4. The number of ketones is 1. The fourth-order valence-corrected chi connectivity index (χ4v) is 6.03. The summed E-state index contributed by atoms with van der Waals surface area (Å²) in [5.41, 5.74) is -1.07. The molecule has 25 heavy (non-hydrogen) atoms. The number of hydrogen-bond donors (Lipinski definition) is 0. The average molecular weight is 358 g/mol. The molecule has 1 aromatic carbocycles. The molecule has 6 heteroatoms. The van der Waals surface area contributed by atoms with Crippen LogP contribution in [0.5, 0.6) is 0 Å². The van der Waals surface area contributed by atoms with E-state index in [0.29, 0.717) is 13.0 Å². The molecule has 2 atom stereocenters. The Kier molecular flexibility index (Phi) is 4.13. The van der Waals surface area contributed by atoms with Gasteiger partial charge in [-0.15, -0.1) is 0 Å². The number of rotatable bonds is 2. The highest BCUT2D eigenvalue weighted by Crippen LogP contribution is 2.52. The second kappa shape index (κ2) is 5.79. The van der Waals surface area contributed by atoms with Crippen LogP contribution in [0.4, 0.5) is 0 Å². The van der Waals surface area contributed by atoms with Crippen LogP contribution >= 0.6 is 0 Å². The van der Waals surface area contributed by atoms with E-state index in [1.54, 1.807) is 36.4 Å². The van der Waals surface area contributed by atoms with Crippen molar-refractivity contribution in [3.05, 3.63) is 42.0 Å². The molecule has 0 unspecified atom stereocenters. The molecule has 0 N–H and O–H groups in total. The number of Topliss-reactive ketones (excluding diaryl/α,β-unsaturated/α-hetero) is 1. The smallest absolute Gasteiger partial charge is 0.243 e. The van der Waals surface area contributed by atoms with E-state index in [2.05, 4.69) is 0 Å². The van der Waals surface area contributed by atoms with Gasteiger partial charge in [0, 0.05) is 23.9 Å². The number of nitriles is 1. The molecular formula is C19H22N2O3S. The van der Waals surface area contributed by atoms with Crippen LogP contribution < -0.4 is 0 Å². The fraction of sp³-hybridized carbons (Fsp3) is 0.474. The molecule has 0 amide bonds. The number of hydrogen-bond acceptors (Lipinski definition) is 4. The molecule has 0 spiro atoms. The SMILES string of the molecule is CC1(C)C(=O)C(C#N)=C[C@@]2(C)CN(S(=O)(=O)c3ccccc3)CC[C@H]12. The van der Waals surface area contributed by atoms with Gasteiger partial charge < -0.3 is 0 Å². The topological polar surface area (TPSA) is 78.2 Å². The highest BCUT2D eigenvalue weighted by molar-refractivity contribution is 7.89. The molecule has 1 aromatic rings. The van der Waals surface area contributed by atoms with E-state index in [9.17, 15) is 18.5 Å². The molecule has 1 aliphatic heterocycles. The summed E-state index contributed by atoms with van der Waals surface area (Å²) < 4.78 is 27.4. The fourth-order valence-electron chi connectivity index (χ4n) is 4.43. The minimum Gasteiger partial charge on any atom is -0.293 e. The molecule has 0 saturated carbocycles. The number of piperidine rings is 1. The summed E-state index contributed by atoms with van der Waals surface area (Å²) in [5, 5.41) is 9.33. The van der Waals surface area contributed by atoms with Crippen LogP contribution in [-0.4, -0.2) is 31.6 Å². The molecule has 5 nitrogen and oxygen atoms in total. The van der Waals surface area contributed by atoms with Gasteiger partial charge in [0.25, 0.3) is 0 Å². The number of nitrogens with zero attached hydrogens (tertiary/aromatic N) is 2. The molecule has 1 heterocycles. The first-order valence-electron chi connectivity index (χ1n) is 8.36. The summed E-state index contributed by atoms with van der Waals surface area (Å²) in [5.74, 6) is -0.135. The van der Waals surface area contributed by atoms with Gasteiger partial charge in [0.05, 0.1) is 10.5 Å². The van der Waals surface area contributed by atoms with Crippen LogP contribution in [0.3, 0.4) is 0 Å².